The van der Waals surface area contributed by atoms with Crippen LogP contribution in [0.2, 0.25) is 5.02 Å². The lowest BCUT2D eigenvalue weighted by Crippen LogP contribution is -2.00. The van der Waals surface area contributed by atoms with Gasteiger partial charge in [-0.2, -0.15) is 0 Å². The van der Waals surface area contributed by atoms with Gasteiger partial charge in [0.2, 0.25) is 0 Å². The normalized spacial score (nSPS) is 18.5. The Bertz CT molecular complexity index is 637. The maximum Gasteiger partial charge on any atom is 0.264 e. The molecule has 0 fully saturated rings. The number of carbonyl (C=O) groups is 1. The molecule has 0 aliphatic carbocycles. The van der Waals surface area contributed by atoms with Crippen LogP contribution >= 0.6 is 23.4 Å². The summed E-state index contributed by atoms with van der Waals surface area (Å²) in [6, 6.07) is 17.1. The molecule has 1 heterocycles. The van der Waals surface area contributed by atoms with Crippen molar-refractivity contribution in [3.8, 4) is 0 Å². The number of rotatable bonds is 2. The summed E-state index contributed by atoms with van der Waals surface area (Å²) in [5.41, 5.74) is 1.92. The van der Waals surface area contributed by atoms with Gasteiger partial charge in [0.1, 0.15) is 10.3 Å². The van der Waals surface area contributed by atoms with Crippen LogP contribution < -0.4 is 0 Å². The zero-order valence-corrected chi connectivity index (χ0v) is 11.5. The average molecular weight is 288 g/mol. The average Bonchev–Trinajstić information content (AvgIpc) is 2.83. The Morgan fingerprint density at radius 3 is 2.37 bits per heavy atom. The Morgan fingerprint density at radius 1 is 1.00 bits per heavy atom. The third kappa shape index (κ3) is 2.57. The first-order valence-corrected chi connectivity index (χ1v) is 7.10. The molecule has 0 aromatic heterocycles. The number of thioether (sulfide) groups is 1. The van der Waals surface area contributed by atoms with E-state index >= 15 is 0 Å². The third-order valence-electron chi connectivity index (χ3n) is 2.86. The first-order chi connectivity index (χ1) is 9.24. The summed E-state index contributed by atoms with van der Waals surface area (Å²) in [6.45, 7) is 0. The zero-order chi connectivity index (χ0) is 13.2. The van der Waals surface area contributed by atoms with E-state index in [1.165, 1.54) is 11.8 Å². The number of nitrogens with zero attached hydrogens (tertiary/aromatic N) is 1. The third-order valence-corrected chi connectivity index (χ3v) is 4.37. The van der Waals surface area contributed by atoms with Crippen molar-refractivity contribution in [1.29, 1.82) is 0 Å². The molecule has 94 valence electrons. The van der Waals surface area contributed by atoms with Crippen molar-refractivity contribution in [3.63, 3.8) is 0 Å². The predicted octanol–water partition coefficient (Wildman–Crippen LogP) is 4.10. The van der Waals surface area contributed by atoms with Gasteiger partial charge in [-0.3, -0.25) is 4.79 Å². The zero-order valence-electron chi connectivity index (χ0n) is 9.92. The summed E-state index contributed by atoms with van der Waals surface area (Å²) in [6.07, 6.45) is 0. The number of amides is 1. The monoisotopic (exact) mass is 287 g/mol. The van der Waals surface area contributed by atoms with Crippen LogP contribution in [0.4, 0.5) is 0 Å². The quantitative estimate of drug-likeness (QED) is 0.832. The van der Waals surface area contributed by atoms with Crippen molar-refractivity contribution in [2.75, 3.05) is 0 Å². The van der Waals surface area contributed by atoms with Crippen molar-refractivity contribution in [2.45, 2.75) is 5.25 Å². The number of benzene rings is 2. The molecule has 0 bridgehead atoms. The molecule has 1 unspecified atom stereocenters. The molecule has 1 aliphatic heterocycles. The highest BCUT2D eigenvalue weighted by Crippen LogP contribution is 2.38. The van der Waals surface area contributed by atoms with Crippen molar-refractivity contribution in [3.05, 3.63) is 70.7 Å². The Morgan fingerprint density at radius 2 is 1.68 bits per heavy atom. The molecule has 0 spiro atoms. The van der Waals surface area contributed by atoms with E-state index in [2.05, 4.69) is 4.99 Å². The minimum atomic E-state index is -0.257. The number of carbonyl (C=O) groups excluding carboxylic acids is 1. The first kappa shape index (κ1) is 12.5. The fourth-order valence-electron chi connectivity index (χ4n) is 1.91. The van der Waals surface area contributed by atoms with Crippen molar-refractivity contribution < 1.29 is 4.79 Å². The maximum atomic E-state index is 12.0. The Kier molecular flexibility index (Phi) is 3.40. The van der Waals surface area contributed by atoms with Crippen LogP contribution in [0, 0.1) is 0 Å². The van der Waals surface area contributed by atoms with E-state index in [-0.39, 0.29) is 11.2 Å². The van der Waals surface area contributed by atoms with Gasteiger partial charge >= 0.3 is 0 Å². The molecule has 2 nitrogen and oxygen atoms in total. The minimum Gasteiger partial charge on any atom is -0.271 e. The van der Waals surface area contributed by atoms with E-state index in [0.717, 1.165) is 16.2 Å². The molecule has 0 saturated heterocycles. The fourth-order valence-corrected chi connectivity index (χ4v) is 3.12. The second kappa shape index (κ2) is 5.19. The number of halogens is 1. The molecule has 1 amide bonds. The molecular formula is C15H10ClNOS. The van der Waals surface area contributed by atoms with Crippen LogP contribution in [0.5, 0.6) is 0 Å². The smallest absolute Gasteiger partial charge is 0.264 e. The van der Waals surface area contributed by atoms with Crippen LogP contribution in [-0.4, -0.2) is 11.0 Å². The first-order valence-electron chi connectivity index (χ1n) is 5.84. The van der Waals surface area contributed by atoms with E-state index < -0.39 is 0 Å². The van der Waals surface area contributed by atoms with Gasteiger partial charge in [0.25, 0.3) is 5.91 Å². The molecule has 0 radical (unpaired) electrons. The molecule has 1 atom stereocenters. The van der Waals surface area contributed by atoms with Crippen molar-refractivity contribution >= 4 is 34.3 Å². The molecule has 2 aromatic rings. The van der Waals surface area contributed by atoms with Gasteiger partial charge in [0.05, 0.1) is 0 Å². The van der Waals surface area contributed by atoms with Gasteiger partial charge < -0.3 is 0 Å². The lowest BCUT2D eigenvalue weighted by atomic mass is 10.1. The summed E-state index contributed by atoms with van der Waals surface area (Å²) in [5.74, 6) is -0.105. The molecular weight excluding hydrogens is 278 g/mol. The van der Waals surface area contributed by atoms with E-state index in [0.29, 0.717) is 5.02 Å². The van der Waals surface area contributed by atoms with Gasteiger partial charge in [-0.05, 0) is 17.7 Å². The second-order valence-electron chi connectivity index (χ2n) is 4.17. The fraction of sp³-hybridized carbons (Fsp3) is 0.0667. The molecule has 3 rings (SSSR count). The molecule has 0 saturated carbocycles. The Labute approximate surface area is 120 Å². The topological polar surface area (TPSA) is 29.4 Å². The lowest BCUT2D eigenvalue weighted by molar-refractivity contribution is -0.117. The van der Waals surface area contributed by atoms with Gasteiger partial charge in [0, 0.05) is 10.6 Å². The van der Waals surface area contributed by atoms with Gasteiger partial charge in [-0.1, -0.05) is 65.8 Å². The molecule has 1 aliphatic rings. The predicted molar refractivity (Wildman–Crippen MR) is 79.8 cm³/mol. The molecule has 2 aromatic carbocycles. The van der Waals surface area contributed by atoms with Crippen LogP contribution in [0.15, 0.2) is 59.6 Å². The summed E-state index contributed by atoms with van der Waals surface area (Å²) >= 11 is 7.35. The Hall–Kier alpha value is -1.58. The lowest BCUT2D eigenvalue weighted by Gasteiger charge is -2.07. The highest BCUT2D eigenvalue weighted by atomic mass is 35.5. The number of aliphatic imine (C=N–C) groups is 1. The summed E-state index contributed by atoms with van der Waals surface area (Å²) < 4.78 is 0. The van der Waals surface area contributed by atoms with Gasteiger partial charge in [-0.15, -0.1) is 0 Å². The van der Waals surface area contributed by atoms with Gasteiger partial charge in [0.15, 0.2) is 0 Å². The summed E-state index contributed by atoms with van der Waals surface area (Å²) in [4.78, 5) is 16.1. The number of hydrogen-bond acceptors (Lipinski definition) is 2. The number of hydrogen-bond donors (Lipinski definition) is 0. The SMILES string of the molecule is O=C1N=C(c2ccccc2)SC1c1ccc(Cl)cc1. The van der Waals surface area contributed by atoms with Crippen LogP contribution in [0.3, 0.4) is 0 Å². The van der Waals surface area contributed by atoms with E-state index in [1.807, 2.05) is 42.5 Å². The van der Waals surface area contributed by atoms with Crippen LogP contribution in [0.25, 0.3) is 0 Å². The Balaban J connectivity index is 1.86. The van der Waals surface area contributed by atoms with Crippen molar-refractivity contribution in [2.24, 2.45) is 4.99 Å². The highest BCUT2D eigenvalue weighted by molar-refractivity contribution is 8.15. The van der Waals surface area contributed by atoms with Crippen LogP contribution in [-0.2, 0) is 4.79 Å². The maximum absolute atomic E-state index is 12.0. The largest absolute Gasteiger partial charge is 0.271 e. The second-order valence-corrected chi connectivity index (χ2v) is 5.70. The van der Waals surface area contributed by atoms with Gasteiger partial charge in [-0.25, -0.2) is 4.99 Å². The minimum absolute atomic E-state index is 0.105. The molecule has 4 heteroatoms. The van der Waals surface area contributed by atoms with E-state index in [4.69, 9.17) is 11.6 Å². The van der Waals surface area contributed by atoms with E-state index in [1.54, 1.807) is 12.1 Å². The van der Waals surface area contributed by atoms with E-state index in [9.17, 15) is 4.79 Å². The van der Waals surface area contributed by atoms with Crippen molar-refractivity contribution in [1.82, 2.24) is 0 Å². The standard InChI is InChI=1S/C15H10ClNOS/c16-12-8-6-10(7-9-12)13-14(18)17-15(19-13)11-4-2-1-3-5-11/h1-9,13H. The van der Waals surface area contributed by atoms with Crippen LogP contribution in [0.1, 0.15) is 16.4 Å². The molecule has 0 N–H and O–H groups in total. The molecule has 19 heavy (non-hydrogen) atoms. The summed E-state index contributed by atoms with van der Waals surface area (Å²) in [7, 11) is 0. The highest BCUT2D eigenvalue weighted by Gasteiger charge is 2.30. The summed E-state index contributed by atoms with van der Waals surface area (Å²) in [5, 5.41) is 1.20.